The number of nitrogens with one attached hydrogen (secondary N) is 1. The van der Waals surface area contributed by atoms with Crippen LogP contribution in [-0.4, -0.2) is 65.7 Å². The zero-order chi connectivity index (χ0) is 26.1. The summed E-state index contributed by atoms with van der Waals surface area (Å²) >= 11 is 0. The molecule has 1 spiro atoms. The minimum Gasteiger partial charge on any atom is -0.497 e. The maximum atomic E-state index is 13.3. The summed E-state index contributed by atoms with van der Waals surface area (Å²) in [6.07, 6.45) is 5.23. The number of nitrogens with zero attached hydrogens (tertiary/aromatic N) is 2. The van der Waals surface area contributed by atoms with Gasteiger partial charge in [-0.2, -0.15) is 0 Å². The number of piperidine rings is 1. The Bertz CT molecular complexity index is 1000. The van der Waals surface area contributed by atoms with Crippen LogP contribution in [0.4, 0.5) is 4.79 Å². The smallest absolute Gasteiger partial charge is 0.325 e. The van der Waals surface area contributed by atoms with Crippen molar-refractivity contribution in [2.75, 3.05) is 26.7 Å². The first-order valence-corrected chi connectivity index (χ1v) is 13.2. The number of ketones is 1. The van der Waals surface area contributed by atoms with Gasteiger partial charge in [0.1, 0.15) is 17.8 Å². The Morgan fingerprint density at radius 1 is 1.06 bits per heavy atom. The lowest BCUT2D eigenvalue weighted by Crippen LogP contribution is -2.51. The third-order valence-corrected chi connectivity index (χ3v) is 8.99. The Kier molecular flexibility index (Phi) is 7.43. The number of urea groups is 1. The van der Waals surface area contributed by atoms with Gasteiger partial charge in [-0.25, -0.2) is 4.79 Å². The first kappa shape index (κ1) is 26.2. The van der Waals surface area contributed by atoms with E-state index in [4.69, 9.17) is 4.74 Å². The van der Waals surface area contributed by atoms with Crippen molar-refractivity contribution in [3.63, 3.8) is 0 Å². The predicted octanol–water partition coefficient (Wildman–Crippen LogP) is 4.03. The van der Waals surface area contributed by atoms with Crippen molar-refractivity contribution in [2.45, 2.75) is 71.3 Å². The van der Waals surface area contributed by atoms with Crippen LogP contribution < -0.4 is 10.1 Å². The molecule has 36 heavy (non-hydrogen) atoms. The number of amides is 4. The Morgan fingerprint density at radius 3 is 2.22 bits per heavy atom. The van der Waals surface area contributed by atoms with Crippen molar-refractivity contribution in [2.24, 2.45) is 17.3 Å². The maximum Gasteiger partial charge on any atom is 0.325 e. The quantitative estimate of drug-likeness (QED) is 0.453. The predicted molar refractivity (Wildman–Crippen MR) is 136 cm³/mol. The summed E-state index contributed by atoms with van der Waals surface area (Å²) < 4.78 is 5.15. The van der Waals surface area contributed by atoms with Gasteiger partial charge in [0.2, 0.25) is 5.91 Å². The van der Waals surface area contributed by atoms with Gasteiger partial charge in [0.05, 0.1) is 7.11 Å². The number of benzene rings is 1. The number of Topliss-reactive ketones (excluding diaryl/α,β-unsaturated/α-hetero) is 1. The lowest BCUT2D eigenvalue weighted by molar-refractivity contribution is -0.140. The van der Waals surface area contributed by atoms with E-state index in [0.29, 0.717) is 56.0 Å². The second-order valence-electron chi connectivity index (χ2n) is 11.3. The van der Waals surface area contributed by atoms with E-state index in [1.165, 1.54) is 0 Å². The fourth-order valence-corrected chi connectivity index (χ4v) is 5.96. The van der Waals surface area contributed by atoms with E-state index < -0.39 is 11.6 Å². The highest BCUT2D eigenvalue weighted by Crippen LogP contribution is 2.45. The number of ether oxygens (including phenoxy) is 1. The summed E-state index contributed by atoms with van der Waals surface area (Å²) in [4.78, 5) is 54.7. The van der Waals surface area contributed by atoms with E-state index in [2.05, 4.69) is 26.1 Å². The molecule has 3 aliphatic rings. The Hall–Kier alpha value is -2.90. The summed E-state index contributed by atoms with van der Waals surface area (Å²) in [6, 6.07) is 6.61. The number of rotatable bonds is 7. The molecule has 1 N–H and O–H groups in total. The minimum atomic E-state index is -0.866. The Morgan fingerprint density at radius 2 is 1.67 bits per heavy atom. The van der Waals surface area contributed by atoms with Crippen LogP contribution in [0.2, 0.25) is 0 Å². The van der Waals surface area contributed by atoms with Gasteiger partial charge < -0.3 is 15.0 Å². The van der Waals surface area contributed by atoms with Gasteiger partial charge in [-0.15, -0.1) is 0 Å². The molecule has 196 valence electrons. The second-order valence-corrected chi connectivity index (χ2v) is 11.3. The minimum absolute atomic E-state index is 0.0719. The van der Waals surface area contributed by atoms with Crippen LogP contribution >= 0.6 is 0 Å². The number of hydrogen-bond acceptors (Lipinski definition) is 5. The molecule has 0 radical (unpaired) electrons. The molecule has 4 amide bonds. The fraction of sp³-hybridized carbons (Fsp3) is 0.643. The lowest BCUT2D eigenvalue weighted by Gasteiger charge is -2.42. The number of carbonyl (C=O) groups excluding carboxylic acids is 4. The zero-order valence-electron chi connectivity index (χ0n) is 22.0. The largest absolute Gasteiger partial charge is 0.497 e. The van der Waals surface area contributed by atoms with Crippen LogP contribution in [0.1, 0.15) is 76.1 Å². The molecular weight excluding hydrogens is 458 g/mol. The summed E-state index contributed by atoms with van der Waals surface area (Å²) in [5, 5.41) is 2.93. The van der Waals surface area contributed by atoms with Crippen molar-refractivity contribution >= 4 is 23.6 Å². The number of likely N-dealkylation sites (tertiary alicyclic amines) is 1. The summed E-state index contributed by atoms with van der Waals surface area (Å²) in [5.74, 6) is 0.639. The molecule has 4 rings (SSSR count). The SMILES string of the molecule is CCC(C)(C)C1CCC2(CC1)NC(=O)N(CC(=O)N1CCC(C(=O)c3ccc(OC)cc3)CC1)C2=O. The normalized spacial score (nSPS) is 25.3. The highest BCUT2D eigenvalue weighted by molar-refractivity contribution is 6.09. The molecule has 1 aliphatic carbocycles. The molecule has 1 saturated carbocycles. The van der Waals surface area contributed by atoms with Crippen molar-refractivity contribution < 1.29 is 23.9 Å². The van der Waals surface area contributed by atoms with Crippen LogP contribution in [0.3, 0.4) is 0 Å². The number of imide groups is 1. The first-order valence-electron chi connectivity index (χ1n) is 13.2. The third kappa shape index (κ3) is 5.00. The fourth-order valence-electron chi connectivity index (χ4n) is 5.96. The van der Waals surface area contributed by atoms with Crippen molar-refractivity contribution in [3.8, 4) is 5.75 Å². The van der Waals surface area contributed by atoms with Crippen molar-refractivity contribution in [1.29, 1.82) is 0 Å². The molecule has 1 aromatic carbocycles. The molecule has 2 saturated heterocycles. The van der Waals surface area contributed by atoms with Gasteiger partial charge in [-0.3, -0.25) is 19.3 Å². The van der Waals surface area contributed by atoms with E-state index in [0.717, 1.165) is 24.2 Å². The van der Waals surface area contributed by atoms with E-state index in [9.17, 15) is 19.2 Å². The summed E-state index contributed by atoms with van der Waals surface area (Å²) in [5.41, 5.74) is -0.0125. The van der Waals surface area contributed by atoms with E-state index >= 15 is 0 Å². The van der Waals surface area contributed by atoms with E-state index in [1.54, 1.807) is 36.3 Å². The third-order valence-electron chi connectivity index (χ3n) is 8.99. The van der Waals surface area contributed by atoms with Crippen LogP contribution in [0.25, 0.3) is 0 Å². The molecule has 8 heteroatoms. The standard InChI is InChI=1S/C28H39N3O5/c1-5-27(2,3)21-10-14-28(15-11-21)25(34)31(26(35)29-28)18-23(32)30-16-12-20(13-17-30)24(33)19-6-8-22(36-4)9-7-19/h6-9,20-21H,5,10-18H2,1-4H3,(H,29,35). The van der Waals surface area contributed by atoms with Crippen molar-refractivity contribution in [1.82, 2.24) is 15.1 Å². The molecule has 0 aromatic heterocycles. The van der Waals surface area contributed by atoms with Gasteiger partial charge in [-0.05, 0) is 74.1 Å². The zero-order valence-corrected chi connectivity index (χ0v) is 22.0. The average Bonchev–Trinajstić information content (AvgIpc) is 3.12. The first-order chi connectivity index (χ1) is 17.1. The Labute approximate surface area is 213 Å². The Balaban J connectivity index is 1.30. The number of methoxy groups -OCH3 is 1. The second kappa shape index (κ2) is 10.2. The molecule has 3 fully saturated rings. The van der Waals surface area contributed by atoms with Crippen LogP contribution in [-0.2, 0) is 9.59 Å². The molecule has 0 atom stereocenters. The van der Waals surface area contributed by atoms with Gasteiger partial charge in [0.25, 0.3) is 5.91 Å². The maximum absolute atomic E-state index is 13.3. The molecule has 1 aromatic rings. The number of hydrogen-bond donors (Lipinski definition) is 1. The molecule has 0 unspecified atom stereocenters. The average molecular weight is 498 g/mol. The summed E-state index contributed by atoms with van der Waals surface area (Å²) in [7, 11) is 1.58. The molecule has 8 nitrogen and oxygen atoms in total. The van der Waals surface area contributed by atoms with Crippen LogP contribution in [0.5, 0.6) is 5.75 Å². The summed E-state index contributed by atoms with van der Waals surface area (Å²) in [6.45, 7) is 7.36. The topological polar surface area (TPSA) is 96.0 Å². The molecule has 0 bridgehead atoms. The van der Waals surface area contributed by atoms with E-state index in [1.807, 2.05) is 0 Å². The highest BCUT2D eigenvalue weighted by atomic mass is 16.5. The van der Waals surface area contributed by atoms with Gasteiger partial charge >= 0.3 is 6.03 Å². The van der Waals surface area contributed by atoms with Crippen molar-refractivity contribution in [3.05, 3.63) is 29.8 Å². The molecular formula is C28H39N3O5. The van der Waals surface area contributed by atoms with Gasteiger partial charge in [0, 0.05) is 24.6 Å². The van der Waals surface area contributed by atoms with E-state index in [-0.39, 0.29) is 35.5 Å². The number of carbonyl (C=O) groups is 4. The van der Waals surface area contributed by atoms with Crippen LogP contribution in [0.15, 0.2) is 24.3 Å². The van der Waals surface area contributed by atoms with Gasteiger partial charge in [-0.1, -0.05) is 27.2 Å². The molecule has 2 heterocycles. The monoisotopic (exact) mass is 497 g/mol. The molecule has 2 aliphatic heterocycles. The van der Waals surface area contributed by atoms with Crippen LogP contribution in [0, 0.1) is 17.3 Å². The lowest BCUT2D eigenvalue weighted by atomic mass is 9.65. The van der Waals surface area contributed by atoms with Gasteiger partial charge in [0.15, 0.2) is 5.78 Å². The highest BCUT2D eigenvalue weighted by Gasteiger charge is 2.54.